The van der Waals surface area contributed by atoms with Gasteiger partial charge in [-0.05, 0) is 32.3 Å². The summed E-state index contributed by atoms with van der Waals surface area (Å²) in [6, 6.07) is 0. The fraction of sp³-hybridized carbons (Fsp3) is 0.619. The Balaban J connectivity index is 1.91. The Morgan fingerprint density at radius 1 is 1.10 bits per heavy atom. The van der Waals surface area contributed by atoms with Gasteiger partial charge in [0.25, 0.3) is 0 Å². The van der Waals surface area contributed by atoms with Crippen LogP contribution in [0.4, 0.5) is 0 Å². The summed E-state index contributed by atoms with van der Waals surface area (Å²) in [5.74, 6) is -1.63. The van der Waals surface area contributed by atoms with Crippen molar-refractivity contribution in [1.29, 1.82) is 0 Å². The molecule has 1 N–H and O–H groups in total. The van der Waals surface area contributed by atoms with Crippen LogP contribution >= 0.6 is 0 Å². The first kappa shape index (κ1) is 22.6. The smallest absolute Gasteiger partial charge is 0.339 e. The van der Waals surface area contributed by atoms with Crippen LogP contribution in [0.1, 0.15) is 65.7 Å². The van der Waals surface area contributed by atoms with E-state index in [1.807, 2.05) is 20.8 Å². The van der Waals surface area contributed by atoms with Gasteiger partial charge in [0.15, 0.2) is 6.61 Å². The Hall–Kier alpha value is -2.64. The van der Waals surface area contributed by atoms with Crippen LogP contribution < -0.4 is 0 Å². The number of carbonyl (C=O) groups excluding carboxylic acids is 4. The zero-order valence-electron chi connectivity index (χ0n) is 18.0. The van der Waals surface area contributed by atoms with Gasteiger partial charge in [-0.3, -0.25) is 14.4 Å². The quantitative estimate of drug-likeness (QED) is 0.595. The minimum Gasteiger partial charge on any atom is -0.465 e. The van der Waals surface area contributed by atoms with E-state index in [2.05, 4.69) is 4.98 Å². The van der Waals surface area contributed by atoms with Gasteiger partial charge in [0.05, 0.1) is 24.3 Å². The minimum atomic E-state index is -0.524. The minimum absolute atomic E-state index is 0.0681. The molecule has 160 valence electrons. The maximum atomic E-state index is 12.5. The third-order valence-corrected chi connectivity index (χ3v) is 5.21. The SMILES string of the molecule is COC(=O)c1c(C)[nH]c(C(=O)COC(=O)C2CCN(C(=O)C(C)(C)C)CC2)c1C. The van der Waals surface area contributed by atoms with Gasteiger partial charge in [0, 0.05) is 24.2 Å². The number of H-pyrrole nitrogens is 1. The molecule has 0 aromatic carbocycles. The lowest BCUT2D eigenvalue weighted by Crippen LogP contribution is -2.45. The number of ether oxygens (including phenoxy) is 2. The molecule has 0 radical (unpaired) electrons. The van der Waals surface area contributed by atoms with Crippen LogP contribution in [-0.4, -0.2) is 60.3 Å². The summed E-state index contributed by atoms with van der Waals surface area (Å²) in [6.45, 7) is 9.54. The molecule has 1 aromatic heterocycles. The number of hydrogen-bond acceptors (Lipinski definition) is 6. The molecule has 0 aliphatic carbocycles. The molecular weight excluding hydrogens is 376 g/mol. The predicted octanol–water partition coefficient (Wildman–Crippen LogP) is 2.43. The fourth-order valence-electron chi connectivity index (χ4n) is 3.56. The average molecular weight is 406 g/mol. The first-order chi connectivity index (χ1) is 13.5. The summed E-state index contributed by atoms with van der Waals surface area (Å²) in [7, 11) is 1.28. The first-order valence-corrected chi connectivity index (χ1v) is 9.74. The zero-order chi connectivity index (χ0) is 21.9. The lowest BCUT2D eigenvalue weighted by molar-refractivity contribution is -0.152. The number of amides is 1. The monoisotopic (exact) mass is 406 g/mol. The molecule has 0 spiro atoms. The average Bonchev–Trinajstić information content (AvgIpc) is 2.98. The number of rotatable bonds is 5. The molecule has 0 unspecified atom stereocenters. The summed E-state index contributed by atoms with van der Waals surface area (Å²) in [4.78, 5) is 53.6. The highest BCUT2D eigenvalue weighted by atomic mass is 16.5. The van der Waals surface area contributed by atoms with Crippen LogP contribution in [0.15, 0.2) is 0 Å². The van der Waals surface area contributed by atoms with Gasteiger partial charge in [-0.1, -0.05) is 20.8 Å². The summed E-state index contributed by atoms with van der Waals surface area (Å²) >= 11 is 0. The topological polar surface area (TPSA) is 106 Å². The second kappa shape index (κ2) is 8.80. The Morgan fingerprint density at radius 3 is 2.21 bits per heavy atom. The number of esters is 2. The Kier molecular flexibility index (Phi) is 6.87. The van der Waals surface area contributed by atoms with Gasteiger partial charge in [0.2, 0.25) is 11.7 Å². The maximum Gasteiger partial charge on any atom is 0.339 e. The van der Waals surface area contributed by atoms with E-state index in [1.54, 1.807) is 18.7 Å². The Labute approximate surface area is 170 Å². The molecule has 0 bridgehead atoms. The standard InChI is InChI=1S/C21H30N2O6/c1-12-16(19(26)28-6)13(2)22-17(12)15(24)11-29-18(25)14-7-9-23(10-8-14)20(27)21(3,4)5/h14,22H,7-11H2,1-6H3. The fourth-order valence-corrected chi connectivity index (χ4v) is 3.56. The van der Waals surface area contributed by atoms with Gasteiger partial charge in [-0.15, -0.1) is 0 Å². The van der Waals surface area contributed by atoms with Crippen LogP contribution in [0.2, 0.25) is 0 Å². The number of methoxy groups -OCH3 is 1. The van der Waals surface area contributed by atoms with E-state index in [0.717, 1.165) is 0 Å². The van der Waals surface area contributed by atoms with Crippen LogP contribution in [0.5, 0.6) is 0 Å². The van der Waals surface area contributed by atoms with Gasteiger partial charge in [-0.2, -0.15) is 0 Å². The Bertz CT molecular complexity index is 810. The van der Waals surface area contributed by atoms with E-state index in [0.29, 0.717) is 42.8 Å². The molecule has 8 heteroatoms. The van der Waals surface area contributed by atoms with Crippen molar-refractivity contribution in [2.75, 3.05) is 26.8 Å². The van der Waals surface area contributed by atoms with E-state index in [1.165, 1.54) is 7.11 Å². The van der Waals surface area contributed by atoms with E-state index < -0.39 is 29.7 Å². The molecule has 1 saturated heterocycles. The van der Waals surface area contributed by atoms with Crippen molar-refractivity contribution >= 4 is 23.6 Å². The van der Waals surface area contributed by atoms with Crippen molar-refractivity contribution < 1.29 is 28.7 Å². The normalized spacial score (nSPS) is 15.2. The highest BCUT2D eigenvalue weighted by molar-refractivity contribution is 6.02. The van der Waals surface area contributed by atoms with Crippen molar-refractivity contribution in [2.24, 2.45) is 11.3 Å². The van der Waals surface area contributed by atoms with Crippen LogP contribution in [-0.2, 0) is 19.1 Å². The number of aromatic nitrogens is 1. The number of piperidine rings is 1. The molecule has 0 atom stereocenters. The lowest BCUT2D eigenvalue weighted by atomic mass is 9.91. The molecule has 1 fully saturated rings. The van der Waals surface area contributed by atoms with E-state index >= 15 is 0 Å². The largest absolute Gasteiger partial charge is 0.465 e. The highest BCUT2D eigenvalue weighted by Crippen LogP contribution is 2.24. The molecular formula is C21H30N2O6. The van der Waals surface area contributed by atoms with Crippen LogP contribution in [0.3, 0.4) is 0 Å². The number of aryl methyl sites for hydroxylation is 1. The van der Waals surface area contributed by atoms with Crippen LogP contribution in [0.25, 0.3) is 0 Å². The van der Waals surface area contributed by atoms with Gasteiger partial charge >= 0.3 is 11.9 Å². The van der Waals surface area contributed by atoms with Crippen LogP contribution in [0, 0.1) is 25.2 Å². The van der Waals surface area contributed by atoms with Crippen molar-refractivity contribution in [3.05, 3.63) is 22.5 Å². The first-order valence-electron chi connectivity index (χ1n) is 9.74. The van der Waals surface area contributed by atoms with E-state index in [-0.39, 0.29) is 17.5 Å². The number of aromatic amines is 1. The summed E-state index contributed by atoms with van der Waals surface area (Å²) in [6.07, 6.45) is 1.03. The molecule has 0 saturated carbocycles. The molecule has 29 heavy (non-hydrogen) atoms. The summed E-state index contributed by atoms with van der Waals surface area (Å²) < 4.78 is 9.95. The molecule has 1 aromatic rings. The third-order valence-electron chi connectivity index (χ3n) is 5.21. The van der Waals surface area contributed by atoms with Crippen molar-refractivity contribution in [1.82, 2.24) is 9.88 Å². The second-order valence-corrected chi connectivity index (χ2v) is 8.46. The number of nitrogens with one attached hydrogen (secondary N) is 1. The van der Waals surface area contributed by atoms with Gasteiger partial charge < -0.3 is 19.4 Å². The Morgan fingerprint density at radius 2 is 1.69 bits per heavy atom. The molecule has 2 rings (SSSR count). The number of hydrogen-bond donors (Lipinski definition) is 1. The third kappa shape index (κ3) is 5.05. The predicted molar refractivity (Wildman–Crippen MR) is 106 cm³/mol. The molecule has 1 amide bonds. The van der Waals surface area contributed by atoms with Crippen molar-refractivity contribution in [2.45, 2.75) is 47.5 Å². The van der Waals surface area contributed by atoms with Crippen molar-refractivity contribution in [3.63, 3.8) is 0 Å². The van der Waals surface area contributed by atoms with Gasteiger partial charge in [-0.25, -0.2) is 4.79 Å². The zero-order valence-corrected chi connectivity index (χ0v) is 18.0. The van der Waals surface area contributed by atoms with Crippen molar-refractivity contribution in [3.8, 4) is 0 Å². The number of ketones is 1. The van der Waals surface area contributed by atoms with Gasteiger partial charge in [0.1, 0.15) is 0 Å². The number of Topliss-reactive ketones (excluding diaryl/α,β-unsaturated/α-hetero) is 1. The molecule has 1 aliphatic rings. The summed E-state index contributed by atoms with van der Waals surface area (Å²) in [5.41, 5.74) is 1.11. The highest BCUT2D eigenvalue weighted by Gasteiger charge is 2.33. The number of nitrogens with zero attached hydrogens (tertiary/aromatic N) is 1. The van der Waals surface area contributed by atoms with E-state index in [9.17, 15) is 19.2 Å². The number of carbonyl (C=O) groups is 4. The summed E-state index contributed by atoms with van der Waals surface area (Å²) in [5, 5.41) is 0. The second-order valence-electron chi connectivity index (χ2n) is 8.46. The van der Waals surface area contributed by atoms with E-state index in [4.69, 9.17) is 9.47 Å². The molecule has 1 aliphatic heterocycles. The molecule has 2 heterocycles. The number of likely N-dealkylation sites (tertiary alicyclic amines) is 1. The maximum absolute atomic E-state index is 12.5. The molecule has 8 nitrogen and oxygen atoms in total. The lowest BCUT2D eigenvalue weighted by Gasteiger charge is -2.34.